The number of unbranched alkanes of at least 4 members (excludes halogenated alkanes) is 2. The number of ether oxygens (including phenoxy) is 2. The molecule has 0 saturated carbocycles. The van der Waals surface area contributed by atoms with E-state index >= 15 is 0 Å². The molecule has 0 atom stereocenters. The van der Waals surface area contributed by atoms with Crippen molar-refractivity contribution in [2.75, 3.05) is 19.8 Å². The van der Waals surface area contributed by atoms with Gasteiger partial charge in [-0.1, -0.05) is 32.8 Å². The van der Waals surface area contributed by atoms with Crippen LogP contribution in [0, 0.1) is 0 Å². The summed E-state index contributed by atoms with van der Waals surface area (Å²) in [7, 11) is 0. The van der Waals surface area contributed by atoms with E-state index in [1.807, 2.05) is 13.0 Å². The zero-order valence-corrected chi connectivity index (χ0v) is 12.5. The zero-order valence-electron chi connectivity index (χ0n) is 12.5. The fourth-order valence-corrected chi connectivity index (χ4v) is 1.85. The second kappa shape index (κ2) is 9.68. The summed E-state index contributed by atoms with van der Waals surface area (Å²) in [5.74, 6) is 1.72. The highest BCUT2D eigenvalue weighted by atomic mass is 16.5. The molecule has 1 aromatic carbocycles. The molecular weight excluding hydrogens is 238 g/mol. The molecule has 0 radical (unpaired) electrons. The number of hydrogen-bond donors (Lipinski definition) is 1. The van der Waals surface area contributed by atoms with E-state index in [4.69, 9.17) is 9.47 Å². The summed E-state index contributed by atoms with van der Waals surface area (Å²) in [5, 5.41) is 3.32. The fourth-order valence-electron chi connectivity index (χ4n) is 1.85. The van der Waals surface area contributed by atoms with Crippen LogP contribution in [-0.4, -0.2) is 19.8 Å². The van der Waals surface area contributed by atoms with Crippen molar-refractivity contribution in [3.05, 3.63) is 23.8 Å². The van der Waals surface area contributed by atoms with Gasteiger partial charge in [-0.05, 0) is 37.6 Å². The summed E-state index contributed by atoms with van der Waals surface area (Å²) >= 11 is 0. The molecule has 19 heavy (non-hydrogen) atoms. The predicted octanol–water partition coefficient (Wildman–Crippen LogP) is 3.76. The third kappa shape index (κ3) is 5.97. The van der Waals surface area contributed by atoms with Gasteiger partial charge in [0.15, 0.2) is 11.5 Å². The van der Waals surface area contributed by atoms with Gasteiger partial charge < -0.3 is 14.8 Å². The first-order chi connectivity index (χ1) is 9.31. The maximum atomic E-state index is 5.81. The van der Waals surface area contributed by atoms with Gasteiger partial charge in [0, 0.05) is 6.54 Å². The maximum absolute atomic E-state index is 5.81. The van der Waals surface area contributed by atoms with E-state index in [1.54, 1.807) is 0 Å². The van der Waals surface area contributed by atoms with E-state index in [9.17, 15) is 0 Å². The number of benzene rings is 1. The van der Waals surface area contributed by atoms with Crippen LogP contribution in [0.4, 0.5) is 0 Å². The van der Waals surface area contributed by atoms with Crippen molar-refractivity contribution in [2.45, 2.75) is 46.6 Å². The van der Waals surface area contributed by atoms with Gasteiger partial charge >= 0.3 is 0 Å². The average molecular weight is 265 g/mol. The van der Waals surface area contributed by atoms with Crippen LogP contribution in [0.3, 0.4) is 0 Å². The Morgan fingerprint density at radius 3 is 2.53 bits per heavy atom. The van der Waals surface area contributed by atoms with Gasteiger partial charge in [-0.2, -0.15) is 0 Å². The quantitative estimate of drug-likeness (QED) is 0.653. The monoisotopic (exact) mass is 265 g/mol. The standard InChI is InChI=1S/C16H27NO2/c1-4-7-8-11-19-15-10-9-14(13-17-5-2)12-16(15)18-6-3/h9-10,12,17H,4-8,11,13H2,1-3H3. The van der Waals surface area contributed by atoms with Gasteiger partial charge in [0.25, 0.3) is 0 Å². The van der Waals surface area contributed by atoms with E-state index in [2.05, 4.69) is 31.3 Å². The average Bonchev–Trinajstić information content (AvgIpc) is 2.43. The second-order valence-electron chi connectivity index (χ2n) is 4.55. The Kier molecular flexibility index (Phi) is 8.07. The van der Waals surface area contributed by atoms with Gasteiger partial charge in [0.1, 0.15) is 0 Å². The molecule has 0 aliphatic rings. The molecule has 1 rings (SSSR count). The minimum Gasteiger partial charge on any atom is -0.490 e. The minimum absolute atomic E-state index is 0.663. The highest BCUT2D eigenvalue weighted by Crippen LogP contribution is 2.28. The van der Waals surface area contributed by atoms with Gasteiger partial charge in [0.05, 0.1) is 13.2 Å². The van der Waals surface area contributed by atoms with Crippen LogP contribution in [0.25, 0.3) is 0 Å². The Morgan fingerprint density at radius 1 is 1.00 bits per heavy atom. The van der Waals surface area contributed by atoms with E-state index in [0.717, 1.165) is 37.6 Å². The molecule has 0 aromatic heterocycles. The van der Waals surface area contributed by atoms with Crippen molar-refractivity contribution >= 4 is 0 Å². The lowest BCUT2D eigenvalue weighted by molar-refractivity contribution is 0.271. The van der Waals surface area contributed by atoms with E-state index in [-0.39, 0.29) is 0 Å². The smallest absolute Gasteiger partial charge is 0.161 e. The topological polar surface area (TPSA) is 30.5 Å². The Balaban J connectivity index is 2.62. The van der Waals surface area contributed by atoms with Crippen molar-refractivity contribution in [1.82, 2.24) is 5.32 Å². The molecule has 0 heterocycles. The summed E-state index contributed by atoms with van der Waals surface area (Å²) in [4.78, 5) is 0. The fraction of sp³-hybridized carbons (Fsp3) is 0.625. The van der Waals surface area contributed by atoms with Crippen LogP contribution < -0.4 is 14.8 Å². The normalized spacial score (nSPS) is 10.5. The minimum atomic E-state index is 0.663. The largest absolute Gasteiger partial charge is 0.490 e. The van der Waals surface area contributed by atoms with Crippen LogP contribution in [0.15, 0.2) is 18.2 Å². The summed E-state index contributed by atoms with van der Waals surface area (Å²) in [6.45, 7) is 9.57. The van der Waals surface area contributed by atoms with Crippen LogP contribution in [0.5, 0.6) is 11.5 Å². The van der Waals surface area contributed by atoms with Crippen molar-refractivity contribution in [3.63, 3.8) is 0 Å². The molecular formula is C16H27NO2. The van der Waals surface area contributed by atoms with Crippen molar-refractivity contribution in [3.8, 4) is 11.5 Å². The lowest BCUT2D eigenvalue weighted by atomic mass is 10.2. The number of rotatable bonds is 10. The number of hydrogen-bond acceptors (Lipinski definition) is 3. The Labute approximate surface area is 117 Å². The summed E-state index contributed by atoms with van der Waals surface area (Å²) in [5.41, 5.74) is 1.23. The molecule has 0 fully saturated rings. The summed E-state index contributed by atoms with van der Waals surface area (Å²) < 4.78 is 11.5. The lowest BCUT2D eigenvalue weighted by Gasteiger charge is -2.13. The van der Waals surface area contributed by atoms with E-state index in [1.165, 1.54) is 18.4 Å². The molecule has 0 bridgehead atoms. The highest BCUT2D eigenvalue weighted by Gasteiger charge is 2.06. The molecule has 0 amide bonds. The van der Waals surface area contributed by atoms with E-state index < -0.39 is 0 Å². The van der Waals surface area contributed by atoms with Gasteiger partial charge in [-0.3, -0.25) is 0 Å². The Morgan fingerprint density at radius 2 is 1.84 bits per heavy atom. The van der Waals surface area contributed by atoms with Gasteiger partial charge in [0.2, 0.25) is 0 Å². The molecule has 1 aromatic rings. The van der Waals surface area contributed by atoms with E-state index in [0.29, 0.717) is 6.61 Å². The molecule has 3 heteroatoms. The third-order valence-corrected chi connectivity index (χ3v) is 2.89. The zero-order chi connectivity index (χ0) is 13.9. The highest BCUT2D eigenvalue weighted by molar-refractivity contribution is 5.43. The Bertz CT molecular complexity index is 353. The van der Waals surface area contributed by atoms with Crippen molar-refractivity contribution < 1.29 is 9.47 Å². The molecule has 108 valence electrons. The first-order valence-corrected chi connectivity index (χ1v) is 7.41. The second-order valence-corrected chi connectivity index (χ2v) is 4.55. The van der Waals surface area contributed by atoms with Gasteiger partial charge in [-0.25, -0.2) is 0 Å². The first kappa shape index (κ1) is 15.8. The van der Waals surface area contributed by atoms with Crippen LogP contribution in [0.1, 0.15) is 45.6 Å². The predicted molar refractivity (Wildman–Crippen MR) is 80.0 cm³/mol. The summed E-state index contributed by atoms with van der Waals surface area (Å²) in [6.07, 6.45) is 3.52. The SMILES string of the molecule is CCCCCOc1ccc(CNCC)cc1OCC. The molecule has 0 unspecified atom stereocenters. The van der Waals surface area contributed by atoms with Gasteiger partial charge in [-0.15, -0.1) is 0 Å². The van der Waals surface area contributed by atoms with Crippen LogP contribution >= 0.6 is 0 Å². The molecule has 3 nitrogen and oxygen atoms in total. The van der Waals surface area contributed by atoms with Crippen molar-refractivity contribution in [1.29, 1.82) is 0 Å². The molecule has 1 N–H and O–H groups in total. The maximum Gasteiger partial charge on any atom is 0.161 e. The first-order valence-electron chi connectivity index (χ1n) is 7.41. The molecule has 0 aliphatic heterocycles. The lowest BCUT2D eigenvalue weighted by Crippen LogP contribution is -2.12. The van der Waals surface area contributed by atoms with Crippen molar-refractivity contribution in [2.24, 2.45) is 0 Å². The molecule has 0 spiro atoms. The third-order valence-electron chi connectivity index (χ3n) is 2.89. The molecule has 0 aliphatic carbocycles. The van der Waals surface area contributed by atoms with Crippen LogP contribution in [-0.2, 0) is 6.54 Å². The Hall–Kier alpha value is -1.22. The summed E-state index contributed by atoms with van der Waals surface area (Å²) in [6, 6.07) is 6.19. The van der Waals surface area contributed by atoms with Crippen LogP contribution in [0.2, 0.25) is 0 Å². The number of nitrogens with one attached hydrogen (secondary N) is 1. The molecule has 0 saturated heterocycles.